The molecule has 166 valence electrons. The summed E-state index contributed by atoms with van der Waals surface area (Å²) in [6, 6.07) is 28.3. The highest BCUT2D eigenvalue weighted by molar-refractivity contribution is 5.80. The van der Waals surface area contributed by atoms with Crippen molar-refractivity contribution in [2.24, 2.45) is 0 Å². The molecule has 0 bridgehead atoms. The standard InChI is InChI=1S/C32H28N2/c1-24-9-8-13-31(23-24)34(29-11-4-3-5-12-29)30-21-17-27(18-22-30)26-15-19-28(20-16-26)33-32-14-7-6-10-25(32)2/h3-6,8-13,15-19,21-23,28,33H,20H2,1-2H3. The number of nitrogens with zero attached hydrogens (tertiary/aromatic N) is 1. The average Bonchev–Trinajstić information content (AvgIpc) is 2.87. The van der Waals surface area contributed by atoms with Crippen LogP contribution in [0.15, 0.2) is 132 Å². The van der Waals surface area contributed by atoms with E-state index in [-0.39, 0.29) is 6.04 Å². The Morgan fingerprint density at radius 3 is 2.32 bits per heavy atom. The first-order valence-corrected chi connectivity index (χ1v) is 11.7. The molecule has 3 aromatic carbocycles. The fraction of sp³-hybridized carbons (Fsp3) is 0.125. The van der Waals surface area contributed by atoms with Crippen LogP contribution < -0.4 is 10.2 Å². The lowest BCUT2D eigenvalue weighted by Crippen LogP contribution is -2.27. The van der Waals surface area contributed by atoms with Crippen molar-refractivity contribution in [2.45, 2.75) is 26.3 Å². The van der Waals surface area contributed by atoms with Crippen molar-refractivity contribution < 1.29 is 0 Å². The van der Waals surface area contributed by atoms with E-state index in [1.807, 2.05) is 6.08 Å². The molecule has 34 heavy (non-hydrogen) atoms. The van der Waals surface area contributed by atoms with Crippen LogP contribution in [0, 0.1) is 6.92 Å². The number of allylic oxidation sites excluding steroid dienone is 5. The lowest BCUT2D eigenvalue weighted by molar-refractivity contribution is 0.680. The molecule has 3 aromatic rings. The van der Waals surface area contributed by atoms with Gasteiger partial charge in [-0.1, -0.05) is 66.4 Å². The van der Waals surface area contributed by atoms with Crippen molar-refractivity contribution in [3.8, 4) is 0 Å². The molecule has 2 nitrogen and oxygen atoms in total. The van der Waals surface area contributed by atoms with Gasteiger partial charge in [0.25, 0.3) is 0 Å². The number of rotatable bonds is 6. The number of nitrogens with one attached hydrogen (secondary N) is 1. The van der Waals surface area contributed by atoms with Gasteiger partial charge in [-0.15, -0.1) is 0 Å². The molecule has 0 aromatic heterocycles. The monoisotopic (exact) mass is 440 g/mol. The maximum atomic E-state index is 3.56. The van der Waals surface area contributed by atoms with Gasteiger partial charge in [0.05, 0.1) is 5.70 Å². The normalized spacial score (nSPS) is 16.5. The van der Waals surface area contributed by atoms with Crippen molar-refractivity contribution in [3.05, 3.63) is 143 Å². The van der Waals surface area contributed by atoms with Crippen molar-refractivity contribution >= 4 is 22.6 Å². The van der Waals surface area contributed by atoms with Gasteiger partial charge >= 0.3 is 0 Å². The van der Waals surface area contributed by atoms with E-state index in [1.54, 1.807) is 0 Å². The quantitative estimate of drug-likeness (QED) is 0.392. The highest BCUT2D eigenvalue weighted by atomic mass is 15.1. The second-order valence-electron chi connectivity index (χ2n) is 8.72. The third-order valence-corrected chi connectivity index (χ3v) is 6.17. The number of aryl methyl sites for hydroxylation is 1. The molecule has 1 atom stereocenters. The zero-order valence-electron chi connectivity index (χ0n) is 19.6. The van der Waals surface area contributed by atoms with Crippen molar-refractivity contribution in [2.75, 3.05) is 4.90 Å². The third-order valence-electron chi connectivity index (χ3n) is 6.17. The third kappa shape index (κ3) is 4.75. The van der Waals surface area contributed by atoms with E-state index < -0.39 is 0 Å². The average molecular weight is 441 g/mol. The van der Waals surface area contributed by atoms with E-state index >= 15 is 0 Å². The predicted molar refractivity (Wildman–Crippen MR) is 143 cm³/mol. The highest BCUT2D eigenvalue weighted by Crippen LogP contribution is 2.35. The van der Waals surface area contributed by atoms with Gasteiger partial charge in [0.2, 0.25) is 0 Å². The lowest BCUT2D eigenvalue weighted by atomic mass is 9.96. The highest BCUT2D eigenvalue weighted by Gasteiger charge is 2.15. The van der Waals surface area contributed by atoms with Crippen LogP contribution in [0.3, 0.4) is 0 Å². The minimum atomic E-state index is 0.267. The zero-order chi connectivity index (χ0) is 23.3. The smallest absolute Gasteiger partial charge is 0.0891 e. The lowest BCUT2D eigenvalue weighted by Gasteiger charge is -2.26. The van der Waals surface area contributed by atoms with Crippen LogP contribution in [0.25, 0.3) is 5.57 Å². The zero-order valence-corrected chi connectivity index (χ0v) is 19.6. The Morgan fingerprint density at radius 1 is 0.853 bits per heavy atom. The van der Waals surface area contributed by atoms with Crippen LogP contribution in [-0.4, -0.2) is 6.04 Å². The van der Waals surface area contributed by atoms with Crippen LogP contribution in [0.1, 0.15) is 24.5 Å². The number of benzene rings is 3. The minimum absolute atomic E-state index is 0.267. The molecule has 1 N–H and O–H groups in total. The van der Waals surface area contributed by atoms with E-state index in [1.165, 1.54) is 22.3 Å². The molecule has 0 radical (unpaired) electrons. The summed E-state index contributed by atoms with van der Waals surface area (Å²) < 4.78 is 0. The molecule has 5 rings (SSSR count). The van der Waals surface area contributed by atoms with Gasteiger partial charge in [-0.3, -0.25) is 0 Å². The Morgan fingerprint density at radius 2 is 1.62 bits per heavy atom. The Balaban J connectivity index is 1.36. The van der Waals surface area contributed by atoms with Crippen LogP contribution >= 0.6 is 0 Å². The van der Waals surface area contributed by atoms with Crippen LogP contribution in [0.4, 0.5) is 17.1 Å². The Labute approximate surface area is 202 Å². The molecule has 0 heterocycles. The van der Waals surface area contributed by atoms with Crippen molar-refractivity contribution in [3.63, 3.8) is 0 Å². The number of hydrogen-bond acceptors (Lipinski definition) is 2. The maximum absolute atomic E-state index is 3.56. The molecular formula is C32H28N2. The van der Waals surface area contributed by atoms with Gasteiger partial charge in [-0.05, 0) is 96.8 Å². The summed E-state index contributed by atoms with van der Waals surface area (Å²) in [5.41, 5.74) is 15.6. The van der Waals surface area contributed by atoms with Gasteiger partial charge in [-0.2, -0.15) is 0 Å². The van der Waals surface area contributed by atoms with Crippen LogP contribution in [-0.2, 0) is 0 Å². The molecule has 0 spiro atoms. The second-order valence-corrected chi connectivity index (χ2v) is 8.72. The fourth-order valence-corrected chi connectivity index (χ4v) is 4.33. The second kappa shape index (κ2) is 9.73. The molecule has 0 saturated heterocycles. The largest absolute Gasteiger partial charge is 0.371 e. The Hall–Kier alpha value is -4.22. The number of para-hydroxylation sites is 1. The van der Waals surface area contributed by atoms with Gasteiger partial charge in [-0.25, -0.2) is 0 Å². The summed E-state index contributed by atoms with van der Waals surface area (Å²) in [7, 11) is 0. The fourth-order valence-electron chi connectivity index (χ4n) is 4.33. The topological polar surface area (TPSA) is 15.3 Å². The van der Waals surface area contributed by atoms with Gasteiger partial charge < -0.3 is 10.2 Å². The molecule has 0 aliphatic heterocycles. The Bertz CT molecular complexity index is 1370. The van der Waals surface area contributed by atoms with Crippen molar-refractivity contribution in [1.82, 2.24) is 5.32 Å². The first-order valence-electron chi connectivity index (χ1n) is 11.7. The van der Waals surface area contributed by atoms with E-state index in [9.17, 15) is 0 Å². The molecule has 1 unspecified atom stereocenters. The maximum Gasteiger partial charge on any atom is 0.0891 e. The van der Waals surface area contributed by atoms with Crippen LogP contribution in [0.5, 0.6) is 0 Å². The summed E-state index contributed by atoms with van der Waals surface area (Å²) in [6.07, 6.45) is 11.7. The first-order chi connectivity index (χ1) is 16.7. The van der Waals surface area contributed by atoms with Gasteiger partial charge in [0.15, 0.2) is 0 Å². The first kappa shape index (κ1) is 21.6. The molecule has 0 amide bonds. The summed E-state index contributed by atoms with van der Waals surface area (Å²) in [5, 5.41) is 3.56. The number of anilines is 3. The summed E-state index contributed by atoms with van der Waals surface area (Å²) in [4.78, 5) is 2.30. The van der Waals surface area contributed by atoms with E-state index in [0.717, 1.165) is 29.2 Å². The number of hydrogen-bond donors (Lipinski definition) is 1. The van der Waals surface area contributed by atoms with E-state index in [0.29, 0.717) is 0 Å². The molecule has 2 heteroatoms. The van der Waals surface area contributed by atoms with E-state index in [4.69, 9.17) is 0 Å². The molecule has 2 aliphatic carbocycles. The summed E-state index contributed by atoms with van der Waals surface area (Å²) >= 11 is 0. The predicted octanol–water partition coefficient (Wildman–Crippen LogP) is 7.92. The summed E-state index contributed by atoms with van der Waals surface area (Å²) in [5.74, 6) is 0. The van der Waals surface area contributed by atoms with E-state index in [2.05, 4.69) is 139 Å². The van der Waals surface area contributed by atoms with Gasteiger partial charge in [0, 0.05) is 23.1 Å². The Kier molecular flexibility index (Phi) is 6.19. The minimum Gasteiger partial charge on any atom is -0.371 e. The van der Waals surface area contributed by atoms with Gasteiger partial charge in [0.1, 0.15) is 0 Å². The molecular weight excluding hydrogens is 412 g/mol. The molecule has 0 saturated carbocycles. The van der Waals surface area contributed by atoms with Crippen molar-refractivity contribution in [1.29, 1.82) is 0 Å². The van der Waals surface area contributed by atoms with Crippen LogP contribution in [0.2, 0.25) is 0 Å². The molecule has 2 aliphatic rings. The molecule has 0 fully saturated rings. The SMILES string of the molecule is CC1=CC=C=C=C1NC1C=CC(c2ccc(N(c3ccccc3)c3cccc(C)c3)cc2)=CC1. The summed E-state index contributed by atoms with van der Waals surface area (Å²) in [6.45, 7) is 4.23.